The third-order valence-corrected chi connectivity index (χ3v) is 5.29. The van der Waals surface area contributed by atoms with Crippen LogP contribution in [-0.2, 0) is 11.3 Å². The quantitative estimate of drug-likeness (QED) is 0.708. The van der Waals surface area contributed by atoms with Gasteiger partial charge in [-0.05, 0) is 47.4 Å². The molecule has 1 amide bonds. The Morgan fingerprint density at radius 1 is 1.43 bits per heavy atom. The van der Waals surface area contributed by atoms with E-state index in [0.29, 0.717) is 6.54 Å². The topological polar surface area (TPSA) is 32.3 Å². The summed E-state index contributed by atoms with van der Waals surface area (Å²) in [5.41, 5.74) is -0.511. The van der Waals surface area contributed by atoms with E-state index in [2.05, 4.69) is 45.1 Å². The van der Waals surface area contributed by atoms with Crippen LogP contribution in [0.1, 0.15) is 38.5 Å². The summed E-state index contributed by atoms with van der Waals surface area (Å²) >= 11 is 5.16. The van der Waals surface area contributed by atoms with Gasteiger partial charge in [0.1, 0.15) is 5.54 Å². The Hall–Kier alpha value is -0.830. The highest BCUT2D eigenvalue weighted by atomic mass is 79.9. The zero-order chi connectivity index (χ0) is 15.9. The summed E-state index contributed by atoms with van der Waals surface area (Å²) in [7, 11) is 0. The van der Waals surface area contributed by atoms with Crippen molar-refractivity contribution >= 4 is 33.2 Å². The molecule has 1 rings (SSSR count). The van der Waals surface area contributed by atoms with Crippen molar-refractivity contribution in [2.45, 2.75) is 45.7 Å². The number of rotatable bonds is 8. The fourth-order valence-corrected chi connectivity index (χ4v) is 3.64. The van der Waals surface area contributed by atoms with Crippen molar-refractivity contribution in [2.24, 2.45) is 0 Å². The van der Waals surface area contributed by atoms with Crippen LogP contribution in [0.25, 0.3) is 0 Å². The van der Waals surface area contributed by atoms with Crippen molar-refractivity contribution in [3.05, 3.63) is 20.8 Å². The van der Waals surface area contributed by atoms with Crippen molar-refractivity contribution < 1.29 is 4.79 Å². The van der Waals surface area contributed by atoms with Crippen LogP contribution >= 0.6 is 27.3 Å². The molecule has 0 fully saturated rings. The number of amides is 1. The van der Waals surface area contributed by atoms with E-state index in [-0.39, 0.29) is 5.91 Å². The number of terminal acetylenes is 1. The molecule has 0 saturated heterocycles. The second kappa shape index (κ2) is 8.57. The van der Waals surface area contributed by atoms with E-state index in [9.17, 15) is 4.79 Å². The molecule has 0 atom stereocenters. The number of nitrogens with one attached hydrogen (secondary N) is 1. The highest BCUT2D eigenvalue weighted by Gasteiger charge is 2.25. The molecule has 0 aliphatic rings. The maximum Gasteiger partial charge on any atom is 0.235 e. The van der Waals surface area contributed by atoms with E-state index in [1.165, 1.54) is 4.88 Å². The highest BCUT2D eigenvalue weighted by Crippen LogP contribution is 2.23. The van der Waals surface area contributed by atoms with Gasteiger partial charge in [-0.25, -0.2) is 0 Å². The van der Waals surface area contributed by atoms with E-state index in [4.69, 9.17) is 6.42 Å². The van der Waals surface area contributed by atoms with Crippen molar-refractivity contribution in [1.29, 1.82) is 0 Å². The average Bonchev–Trinajstić information content (AvgIpc) is 2.89. The van der Waals surface area contributed by atoms with Gasteiger partial charge in [0, 0.05) is 11.4 Å². The standard InChI is InChI=1S/C16H23BrN2OS/c1-5-16(6-2,7-3)18-15(20)12-19(8-4)11-13-9-10-14(17)21-13/h1,9-10H,6-8,11-12H2,2-4H3,(H,18,20). The molecule has 0 saturated carbocycles. The van der Waals surface area contributed by atoms with Gasteiger partial charge in [-0.3, -0.25) is 9.69 Å². The lowest BCUT2D eigenvalue weighted by atomic mass is 9.94. The SMILES string of the molecule is C#CC(CC)(CC)NC(=O)CN(CC)Cc1ccc(Br)s1. The van der Waals surface area contributed by atoms with Gasteiger partial charge in [-0.15, -0.1) is 17.8 Å². The summed E-state index contributed by atoms with van der Waals surface area (Å²) in [6.07, 6.45) is 7.08. The number of carbonyl (C=O) groups is 1. The summed E-state index contributed by atoms with van der Waals surface area (Å²) < 4.78 is 1.11. The van der Waals surface area contributed by atoms with E-state index in [0.717, 1.165) is 29.7 Å². The summed E-state index contributed by atoms with van der Waals surface area (Å²) in [6.45, 7) is 8.04. The maximum atomic E-state index is 12.2. The molecule has 0 radical (unpaired) electrons. The molecule has 1 aromatic heterocycles. The smallest absolute Gasteiger partial charge is 0.235 e. The molecule has 1 N–H and O–H groups in total. The van der Waals surface area contributed by atoms with E-state index < -0.39 is 5.54 Å². The van der Waals surface area contributed by atoms with Crippen LogP contribution in [0, 0.1) is 12.3 Å². The molecule has 0 aromatic carbocycles. The van der Waals surface area contributed by atoms with Gasteiger partial charge in [-0.2, -0.15) is 0 Å². The Morgan fingerprint density at radius 2 is 2.10 bits per heavy atom. The number of thiophene rings is 1. The summed E-state index contributed by atoms with van der Waals surface area (Å²) in [5, 5.41) is 3.01. The fourth-order valence-electron chi connectivity index (χ4n) is 2.11. The largest absolute Gasteiger partial charge is 0.339 e. The van der Waals surface area contributed by atoms with Crippen LogP contribution < -0.4 is 5.32 Å². The molecule has 0 unspecified atom stereocenters. The van der Waals surface area contributed by atoms with E-state index >= 15 is 0 Å². The first-order valence-electron chi connectivity index (χ1n) is 7.23. The van der Waals surface area contributed by atoms with Gasteiger partial charge in [0.2, 0.25) is 5.91 Å². The van der Waals surface area contributed by atoms with E-state index in [1.54, 1.807) is 11.3 Å². The minimum atomic E-state index is -0.511. The van der Waals surface area contributed by atoms with Crippen molar-refractivity contribution in [1.82, 2.24) is 10.2 Å². The average molecular weight is 371 g/mol. The van der Waals surface area contributed by atoms with Crippen LogP contribution in [0.2, 0.25) is 0 Å². The zero-order valence-electron chi connectivity index (χ0n) is 12.9. The van der Waals surface area contributed by atoms with E-state index in [1.807, 2.05) is 19.9 Å². The summed E-state index contributed by atoms with van der Waals surface area (Å²) in [6, 6.07) is 4.12. The molecule has 0 bridgehead atoms. The molecule has 1 heterocycles. The molecule has 21 heavy (non-hydrogen) atoms. The maximum absolute atomic E-state index is 12.2. The number of halogens is 1. The number of hydrogen-bond donors (Lipinski definition) is 1. The molecule has 0 aliphatic heterocycles. The van der Waals surface area contributed by atoms with Gasteiger partial charge in [0.05, 0.1) is 10.3 Å². The Balaban J connectivity index is 2.60. The van der Waals surface area contributed by atoms with Crippen LogP contribution in [0.15, 0.2) is 15.9 Å². The van der Waals surface area contributed by atoms with Crippen LogP contribution in [0.5, 0.6) is 0 Å². The number of likely N-dealkylation sites (N-methyl/N-ethyl adjacent to an activating group) is 1. The molecule has 116 valence electrons. The van der Waals surface area contributed by atoms with Gasteiger partial charge in [0.25, 0.3) is 0 Å². The van der Waals surface area contributed by atoms with Crippen molar-refractivity contribution in [2.75, 3.05) is 13.1 Å². The summed E-state index contributed by atoms with van der Waals surface area (Å²) in [5.74, 6) is 2.73. The third-order valence-electron chi connectivity index (χ3n) is 3.68. The van der Waals surface area contributed by atoms with Gasteiger partial charge in [0.15, 0.2) is 0 Å². The van der Waals surface area contributed by atoms with Crippen molar-refractivity contribution in [3.8, 4) is 12.3 Å². The first-order chi connectivity index (χ1) is 9.98. The Kier molecular flexibility index (Phi) is 7.44. The molecular weight excluding hydrogens is 348 g/mol. The Morgan fingerprint density at radius 3 is 2.52 bits per heavy atom. The molecule has 5 heteroatoms. The van der Waals surface area contributed by atoms with Crippen molar-refractivity contribution in [3.63, 3.8) is 0 Å². The molecule has 0 spiro atoms. The third kappa shape index (κ3) is 5.46. The second-order valence-electron chi connectivity index (χ2n) is 4.99. The molecule has 1 aromatic rings. The highest BCUT2D eigenvalue weighted by molar-refractivity contribution is 9.11. The lowest BCUT2D eigenvalue weighted by molar-refractivity contribution is -0.123. The minimum absolute atomic E-state index is 0.00544. The molecule has 0 aliphatic carbocycles. The first-order valence-corrected chi connectivity index (χ1v) is 8.84. The monoisotopic (exact) mass is 370 g/mol. The fraction of sp³-hybridized carbons (Fsp3) is 0.562. The molecular formula is C16H23BrN2OS. The predicted octanol–water partition coefficient (Wildman–Crippen LogP) is 3.64. The van der Waals surface area contributed by atoms with Gasteiger partial charge >= 0.3 is 0 Å². The Bertz CT molecular complexity index is 503. The number of carbonyl (C=O) groups excluding carboxylic acids is 1. The Labute approximate surface area is 140 Å². The van der Waals surface area contributed by atoms with Crippen LogP contribution in [0.3, 0.4) is 0 Å². The lowest BCUT2D eigenvalue weighted by Gasteiger charge is -2.28. The number of nitrogens with zero attached hydrogens (tertiary/aromatic N) is 1. The normalized spacial score (nSPS) is 11.4. The van der Waals surface area contributed by atoms with Crippen LogP contribution in [0.4, 0.5) is 0 Å². The number of hydrogen-bond acceptors (Lipinski definition) is 3. The first kappa shape index (κ1) is 18.2. The minimum Gasteiger partial charge on any atom is -0.339 e. The van der Waals surface area contributed by atoms with Gasteiger partial charge in [-0.1, -0.05) is 26.7 Å². The lowest BCUT2D eigenvalue weighted by Crippen LogP contribution is -2.49. The second-order valence-corrected chi connectivity index (χ2v) is 7.54. The predicted molar refractivity (Wildman–Crippen MR) is 93.3 cm³/mol. The van der Waals surface area contributed by atoms with Crippen LogP contribution in [-0.4, -0.2) is 29.4 Å². The molecule has 3 nitrogen and oxygen atoms in total. The van der Waals surface area contributed by atoms with Gasteiger partial charge < -0.3 is 5.32 Å². The zero-order valence-corrected chi connectivity index (χ0v) is 15.3. The summed E-state index contributed by atoms with van der Waals surface area (Å²) in [4.78, 5) is 15.6.